The van der Waals surface area contributed by atoms with Crippen LogP contribution in [0.5, 0.6) is 0 Å². The molecular formula is C20H31N3O3S. The molecule has 3 aliphatic rings. The second kappa shape index (κ2) is 7.24. The van der Waals surface area contributed by atoms with Crippen LogP contribution in [-0.2, 0) is 17.1 Å². The van der Waals surface area contributed by atoms with Crippen LogP contribution in [0.2, 0.25) is 0 Å². The van der Waals surface area contributed by atoms with E-state index in [1.807, 2.05) is 4.90 Å². The number of aryl methyl sites for hydroxylation is 1. The Balaban J connectivity index is 1.60. The molecule has 4 rings (SSSR count). The normalized spacial score (nSPS) is 29.7. The third-order valence-corrected chi connectivity index (χ3v) is 8.60. The van der Waals surface area contributed by atoms with E-state index in [0.717, 1.165) is 32.1 Å². The van der Waals surface area contributed by atoms with Crippen molar-refractivity contribution >= 4 is 15.9 Å². The maximum Gasteiger partial charge on any atom is 0.271 e. The molecule has 150 valence electrons. The van der Waals surface area contributed by atoms with Gasteiger partial charge in [0.25, 0.3) is 5.91 Å². The molecule has 3 heterocycles. The molecule has 7 heteroatoms. The molecule has 2 aliphatic heterocycles. The SMILES string of the molecule is CC1CC2CCCCC2N1C(=O)c1cc(S(=O)(=O)N2CCCCC2)cn1C. The van der Waals surface area contributed by atoms with E-state index in [1.165, 1.54) is 19.3 Å². The Morgan fingerprint density at radius 1 is 1.07 bits per heavy atom. The number of sulfonamides is 1. The molecule has 1 aliphatic carbocycles. The minimum absolute atomic E-state index is 0.0144. The van der Waals surface area contributed by atoms with Crippen molar-refractivity contribution in [3.05, 3.63) is 18.0 Å². The van der Waals surface area contributed by atoms with Crippen molar-refractivity contribution in [3.8, 4) is 0 Å². The Morgan fingerprint density at radius 3 is 2.52 bits per heavy atom. The highest BCUT2D eigenvalue weighted by atomic mass is 32.2. The molecule has 1 aromatic rings. The van der Waals surface area contributed by atoms with Crippen molar-refractivity contribution in [2.75, 3.05) is 13.1 Å². The van der Waals surface area contributed by atoms with Gasteiger partial charge in [-0.1, -0.05) is 19.3 Å². The third-order valence-electron chi connectivity index (χ3n) is 6.73. The lowest BCUT2D eigenvalue weighted by atomic mass is 9.85. The quantitative estimate of drug-likeness (QED) is 0.793. The Bertz CT molecular complexity index is 810. The van der Waals surface area contributed by atoms with Gasteiger partial charge in [-0.15, -0.1) is 0 Å². The summed E-state index contributed by atoms with van der Waals surface area (Å²) in [6.45, 7) is 3.28. The predicted molar refractivity (Wildman–Crippen MR) is 104 cm³/mol. The largest absolute Gasteiger partial charge is 0.345 e. The van der Waals surface area contributed by atoms with E-state index in [2.05, 4.69) is 6.92 Å². The van der Waals surface area contributed by atoms with E-state index in [0.29, 0.717) is 30.7 Å². The Labute approximate surface area is 162 Å². The van der Waals surface area contributed by atoms with Gasteiger partial charge in [0.05, 0.1) is 0 Å². The second-order valence-corrected chi connectivity index (χ2v) is 10.5. The summed E-state index contributed by atoms with van der Waals surface area (Å²) in [7, 11) is -1.74. The lowest BCUT2D eigenvalue weighted by molar-refractivity contribution is 0.0623. The van der Waals surface area contributed by atoms with Crippen LogP contribution in [0, 0.1) is 5.92 Å². The number of hydrogen-bond donors (Lipinski definition) is 0. The standard InChI is InChI=1S/C20H31N3O3S/c1-15-12-16-8-4-5-9-18(16)23(15)20(24)19-13-17(14-21(19)2)27(25,26)22-10-6-3-7-11-22/h13-16,18H,3-12H2,1-2H3. The first kappa shape index (κ1) is 19.0. The summed E-state index contributed by atoms with van der Waals surface area (Å²) >= 11 is 0. The number of piperidine rings is 1. The number of fused-ring (bicyclic) bond motifs is 1. The minimum Gasteiger partial charge on any atom is -0.345 e. The van der Waals surface area contributed by atoms with Gasteiger partial charge in [-0.3, -0.25) is 4.79 Å². The van der Waals surface area contributed by atoms with Gasteiger partial charge in [-0.2, -0.15) is 4.31 Å². The van der Waals surface area contributed by atoms with Gasteiger partial charge in [0.1, 0.15) is 10.6 Å². The topological polar surface area (TPSA) is 62.6 Å². The predicted octanol–water partition coefficient (Wildman–Crippen LogP) is 2.99. The highest BCUT2D eigenvalue weighted by molar-refractivity contribution is 7.89. The summed E-state index contributed by atoms with van der Waals surface area (Å²) in [6.07, 6.45) is 10.3. The molecule has 3 atom stereocenters. The molecule has 1 aromatic heterocycles. The first-order valence-corrected chi connectivity index (χ1v) is 11.8. The molecule has 0 spiro atoms. The van der Waals surface area contributed by atoms with Crippen molar-refractivity contribution in [1.29, 1.82) is 0 Å². The third kappa shape index (κ3) is 3.33. The Morgan fingerprint density at radius 2 is 1.78 bits per heavy atom. The van der Waals surface area contributed by atoms with Crippen LogP contribution in [0.4, 0.5) is 0 Å². The molecule has 1 amide bonds. The van der Waals surface area contributed by atoms with E-state index in [1.54, 1.807) is 28.2 Å². The van der Waals surface area contributed by atoms with Gasteiger partial charge in [0.2, 0.25) is 10.0 Å². The minimum atomic E-state index is -3.52. The number of amides is 1. The van der Waals surface area contributed by atoms with Crippen LogP contribution >= 0.6 is 0 Å². The van der Waals surface area contributed by atoms with Crippen molar-refractivity contribution in [3.63, 3.8) is 0 Å². The fraction of sp³-hybridized carbons (Fsp3) is 0.750. The summed E-state index contributed by atoms with van der Waals surface area (Å²) in [6, 6.07) is 2.13. The zero-order valence-corrected chi connectivity index (χ0v) is 17.2. The second-order valence-electron chi connectivity index (χ2n) is 8.55. The number of carbonyl (C=O) groups excluding carboxylic acids is 1. The molecule has 2 saturated heterocycles. The van der Waals surface area contributed by atoms with Crippen LogP contribution in [0.1, 0.15) is 68.8 Å². The van der Waals surface area contributed by atoms with E-state index >= 15 is 0 Å². The fourth-order valence-corrected chi connectivity index (χ4v) is 6.92. The van der Waals surface area contributed by atoms with Crippen molar-refractivity contribution < 1.29 is 13.2 Å². The fourth-order valence-electron chi connectivity index (χ4n) is 5.33. The number of hydrogen-bond acceptors (Lipinski definition) is 3. The Hall–Kier alpha value is -1.34. The molecule has 3 unspecified atom stereocenters. The maximum absolute atomic E-state index is 13.3. The summed E-state index contributed by atoms with van der Waals surface area (Å²) in [4.78, 5) is 15.6. The number of rotatable bonds is 3. The van der Waals surface area contributed by atoms with Crippen LogP contribution in [0.15, 0.2) is 17.2 Å². The smallest absolute Gasteiger partial charge is 0.271 e. The first-order chi connectivity index (χ1) is 12.9. The van der Waals surface area contributed by atoms with Gasteiger partial charge in [-0.25, -0.2) is 8.42 Å². The molecule has 6 nitrogen and oxygen atoms in total. The average Bonchev–Trinajstić information content (AvgIpc) is 3.21. The van der Waals surface area contributed by atoms with Crippen LogP contribution in [-0.4, -0.2) is 53.3 Å². The molecular weight excluding hydrogens is 362 g/mol. The van der Waals surface area contributed by atoms with E-state index in [-0.39, 0.29) is 16.8 Å². The summed E-state index contributed by atoms with van der Waals surface area (Å²) in [5.41, 5.74) is 0.489. The summed E-state index contributed by atoms with van der Waals surface area (Å²) < 4.78 is 29.2. The van der Waals surface area contributed by atoms with Crippen LogP contribution < -0.4 is 0 Å². The van der Waals surface area contributed by atoms with Gasteiger partial charge in [0.15, 0.2) is 0 Å². The van der Waals surface area contributed by atoms with Gasteiger partial charge >= 0.3 is 0 Å². The molecule has 27 heavy (non-hydrogen) atoms. The van der Waals surface area contributed by atoms with Gasteiger partial charge in [0, 0.05) is 38.4 Å². The molecule has 0 aromatic carbocycles. The average molecular weight is 394 g/mol. The molecule has 0 bridgehead atoms. The van der Waals surface area contributed by atoms with E-state index < -0.39 is 10.0 Å². The van der Waals surface area contributed by atoms with Crippen molar-refractivity contribution in [2.45, 2.75) is 75.3 Å². The van der Waals surface area contributed by atoms with E-state index in [9.17, 15) is 13.2 Å². The Kier molecular flexibility index (Phi) is 5.10. The van der Waals surface area contributed by atoms with Gasteiger partial charge in [-0.05, 0) is 51.0 Å². The molecule has 3 fully saturated rings. The van der Waals surface area contributed by atoms with Crippen molar-refractivity contribution in [1.82, 2.24) is 13.8 Å². The monoisotopic (exact) mass is 393 g/mol. The zero-order valence-electron chi connectivity index (χ0n) is 16.4. The van der Waals surface area contributed by atoms with Gasteiger partial charge < -0.3 is 9.47 Å². The summed E-state index contributed by atoms with van der Waals surface area (Å²) in [5.74, 6) is 0.592. The maximum atomic E-state index is 13.3. The molecule has 1 saturated carbocycles. The van der Waals surface area contributed by atoms with E-state index in [4.69, 9.17) is 0 Å². The number of aromatic nitrogens is 1. The van der Waals surface area contributed by atoms with Crippen molar-refractivity contribution in [2.24, 2.45) is 13.0 Å². The molecule has 0 radical (unpaired) electrons. The number of likely N-dealkylation sites (tertiary alicyclic amines) is 1. The zero-order chi connectivity index (χ0) is 19.2. The van der Waals surface area contributed by atoms with Crippen LogP contribution in [0.25, 0.3) is 0 Å². The lowest BCUT2D eigenvalue weighted by Gasteiger charge is -2.33. The lowest BCUT2D eigenvalue weighted by Crippen LogP contribution is -2.43. The number of nitrogens with zero attached hydrogens (tertiary/aromatic N) is 3. The molecule has 0 N–H and O–H groups in total. The highest BCUT2D eigenvalue weighted by Gasteiger charge is 2.43. The number of carbonyl (C=O) groups is 1. The summed E-state index contributed by atoms with van der Waals surface area (Å²) in [5, 5.41) is 0. The van der Waals surface area contributed by atoms with Crippen LogP contribution in [0.3, 0.4) is 0 Å². The first-order valence-electron chi connectivity index (χ1n) is 10.4. The highest BCUT2D eigenvalue weighted by Crippen LogP contribution is 2.40.